The second kappa shape index (κ2) is 6.69. The molecule has 1 unspecified atom stereocenters. The van der Waals surface area contributed by atoms with Crippen LogP contribution in [0.4, 0.5) is 4.79 Å². The summed E-state index contributed by atoms with van der Waals surface area (Å²) in [5.74, 6) is 0.00559. The van der Waals surface area contributed by atoms with Crippen molar-refractivity contribution in [3.63, 3.8) is 0 Å². The molecule has 0 aliphatic carbocycles. The van der Waals surface area contributed by atoms with Gasteiger partial charge in [0.15, 0.2) is 0 Å². The highest BCUT2D eigenvalue weighted by Crippen LogP contribution is 2.22. The van der Waals surface area contributed by atoms with Crippen molar-refractivity contribution in [3.05, 3.63) is 22.4 Å². The zero-order valence-corrected chi connectivity index (χ0v) is 14.5. The fourth-order valence-corrected chi connectivity index (χ4v) is 3.29. The monoisotopic (exact) mass is 324 g/mol. The molecular weight excluding hydrogens is 300 g/mol. The molecule has 0 saturated carbocycles. The molecule has 0 radical (unpaired) electrons. The Hall–Kier alpha value is -1.56. The number of likely N-dealkylation sites (tertiary alicyclic amines) is 1. The van der Waals surface area contributed by atoms with Gasteiger partial charge in [-0.15, -0.1) is 11.3 Å². The molecule has 5 nitrogen and oxygen atoms in total. The Labute approximate surface area is 135 Å². The lowest BCUT2D eigenvalue weighted by Gasteiger charge is -2.30. The number of hydrogen-bond acceptors (Lipinski definition) is 4. The molecular formula is C16H24N2O3S. The molecule has 1 atom stereocenters. The summed E-state index contributed by atoms with van der Waals surface area (Å²) < 4.78 is 5.45. The first kappa shape index (κ1) is 16.8. The van der Waals surface area contributed by atoms with Gasteiger partial charge in [0.25, 0.3) is 5.91 Å². The van der Waals surface area contributed by atoms with Gasteiger partial charge in [-0.1, -0.05) is 6.07 Å². The van der Waals surface area contributed by atoms with E-state index in [4.69, 9.17) is 4.74 Å². The van der Waals surface area contributed by atoms with E-state index in [-0.39, 0.29) is 18.0 Å². The fourth-order valence-electron chi connectivity index (χ4n) is 2.57. The van der Waals surface area contributed by atoms with E-state index >= 15 is 0 Å². The summed E-state index contributed by atoms with van der Waals surface area (Å²) in [6.45, 7) is 6.82. The molecule has 22 heavy (non-hydrogen) atoms. The smallest absolute Gasteiger partial charge is 0.410 e. The Balaban J connectivity index is 1.96. The first-order chi connectivity index (χ1) is 10.3. The van der Waals surface area contributed by atoms with E-state index in [9.17, 15) is 9.59 Å². The average Bonchev–Trinajstić information content (AvgIpc) is 3.06. The second-order valence-corrected chi connectivity index (χ2v) is 7.58. The summed E-state index contributed by atoms with van der Waals surface area (Å²) in [4.78, 5) is 28.7. The summed E-state index contributed by atoms with van der Waals surface area (Å²) in [5.41, 5.74) is -0.497. The molecule has 122 valence electrons. The highest BCUT2D eigenvalue weighted by Gasteiger charge is 2.33. The third-order valence-corrected chi connectivity index (χ3v) is 4.43. The SMILES string of the molecule is CN(CC1CCCN1C(=O)OC(C)(C)C)C(=O)c1cccs1. The Morgan fingerprint density at radius 3 is 2.77 bits per heavy atom. The molecule has 2 amide bonds. The summed E-state index contributed by atoms with van der Waals surface area (Å²) in [6.07, 6.45) is 1.57. The number of hydrogen-bond donors (Lipinski definition) is 0. The Morgan fingerprint density at radius 1 is 1.45 bits per heavy atom. The number of ether oxygens (including phenoxy) is 1. The Kier molecular flexibility index (Phi) is 5.11. The summed E-state index contributed by atoms with van der Waals surface area (Å²) in [6, 6.07) is 3.72. The largest absolute Gasteiger partial charge is 0.444 e. The van der Waals surface area contributed by atoms with Gasteiger partial charge in [0.05, 0.1) is 10.9 Å². The van der Waals surface area contributed by atoms with Gasteiger partial charge in [0.2, 0.25) is 0 Å². The number of thiophene rings is 1. The van der Waals surface area contributed by atoms with E-state index in [0.717, 1.165) is 17.7 Å². The second-order valence-electron chi connectivity index (χ2n) is 6.63. The molecule has 1 saturated heterocycles. The van der Waals surface area contributed by atoms with Crippen LogP contribution in [0.25, 0.3) is 0 Å². The molecule has 2 heterocycles. The molecule has 0 N–H and O–H groups in total. The third kappa shape index (κ3) is 4.22. The van der Waals surface area contributed by atoms with Crippen molar-refractivity contribution in [2.24, 2.45) is 0 Å². The molecule has 1 aromatic heterocycles. The van der Waals surface area contributed by atoms with Gasteiger partial charge in [-0.05, 0) is 45.1 Å². The summed E-state index contributed by atoms with van der Waals surface area (Å²) >= 11 is 1.44. The fraction of sp³-hybridized carbons (Fsp3) is 0.625. The van der Waals surface area contributed by atoms with Crippen molar-refractivity contribution >= 4 is 23.3 Å². The molecule has 1 aliphatic rings. The Morgan fingerprint density at radius 2 is 2.18 bits per heavy atom. The molecule has 1 aromatic rings. The van der Waals surface area contributed by atoms with Crippen molar-refractivity contribution in [1.82, 2.24) is 9.80 Å². The van der Waals surface area contributed by atoms with Gasteiger partial charge in [-0.25, -0.2) is 4.79 Å². The van der Waals surface area contributed by atoms with E-state index < -0.39 is 5.60 Å². The van der Waals surface area contributed by atoms with Crippen LogP contribution in [0.1, 0.15) is 43.3 Å². The van der Waals surface area contributed by atoms with Gasteiger partial charge in [0, 0.05) is 20.1 Å². The van der Waals surface area contributed by atoms with E-state index in [1.165, 1.54) is 11.3 Å². The number of rotatable bonds is 3. The van der Waals surface area contributed by atoms with E-state index in [2.05, 4.69) is 0 Å². The van der Waals surface area contributed by atoms with E-state index in [1.54, 1.807) is 16.8 Å². The minimum absolute atomic E-state index is 0.00559. The van der Waals surface area contributed by atoms with Gasteiger partial charge in [-0.2, -0.15) is 0 Å². The minimum atomic E-state index is -0.497. The normalized spacial score (nSPS) is 18.4. The Bertz CT molecular complexity index is 522. The molecule has 1 fully saturated rings. The minimum Gasteiger partial charge on any atom is -0.444 e. The van der Waals surface area contributed by atoms with Gasteiger partial charge >= 0.3 is 6.09 Å². The van der Waals surface area contributed by atoms with Crippen LogP contribution in [-0.4, -0.2) is 53.6 Å². The number of likely N-dealkylation sites (N-methyl/N-ethyl adjacent to an activating group) is 1. The van der Waals surface area contributed by atoms with Crippen molar-refractivity contribution < 1.29 is 14.3 Å². The van der Waals surface area contributed by atoms with Crippen molar-refractivity contribution in [2.75, 3.05) is 20.1 Å². The van der Waals surface area contributed by atoms with Gasteiger partial charge < -0.3 is 14.5 Å². The number of carbonyl (C=O) groups is 2. The highest BCUT2D eigenvalue weighted by atomic mass is 32.1. The van der Waals surface area contributed by atoms with Crippen molar-refractivity contribution in [3.8, 4) is 0 Å². The molecule has 0 aromatic carbocycles. The highest BCUT2D eigenvalue weighted by molar-refractivity contribution is 7.12. The lowest BCUT2D eigenvalue weighted by Crippen LogP contribution is -2.45. The maximum Gasteiger partial charge on any atom is 0.410 e. The predicted octanol–water partition coefficient (Wildman–Crippen LogP) is 3.22. The number of carbonyl (C=O) groups excluding carboxylic acids is 2. The van der Waals surface area contributed by atoms with Crippen LogP contribution in [0, 0.1) is 0 Å². The predicted molar refractivity (Wildman–Crippen MR) is 87.2 cm³/mol. The van der Waals surface area contributed by atoms with Gasteiger partial charge in [-0.3, -0.25) is 4.79 Å². The van der Waals surface area contributed by atoms with Crippen LogP contribution in [0.2, 0.25) is 0 Å². The zero-order valence-electron chi connectivity index (χ0n) is 13.7. The summed E-state index contributed by atoms with van der Waals surface area (Å²) in [7, 11) is 1.79. The maximum absolute atomic E-state index is 12.3. The average molecular weight is 324 g/mol. The lowest BCUT2D eigenvalue weighted by atomic mass is 10.2. The van der Waals surface area contributed by atoms with Crippen molar-refractivity contribution in [1.29, 1.82) is 0 Å². The molecule has 0 spiro atoms. The van der Waals surface area contributed by atoms with Crippen LogP contribution in [0.5, 0.6) is 0 Å². The van der Waals surface area contributed by atoms with Crippen LogP contribution in [0.15, 0.2) is 17.5 Å². The van der Waals surface area contributed by atoms with Crippen LogP contribution >= 0.6 is 11.3 Å². The number of amides is 2. The molecule has 2 rings (SSSR count). The molecule has 1 aliphatic heterocycles. The molecule has 6 heteroatoms. The third-order valence-electron chi connectivity index (χ3n) is 3.57. The summed E-state index contributed by atoms with van der Waals surface area (Å²) in [5, 5.41) is 1.89. The lowest BCUT2D eigenvalue weighted by molar-refractivity contribution is 0.0199. The van der Waals surface area contributed by atoms with E-state index in [1.807, 2.05) is 38.3 Å². The quantitative estimate of drug-likeness (QED) is 0.858. The first-order valence-corrected chi connectivity index (χ1v) is 8.44. The van der Waals surface area contributed by atoms with Crippen LogP contribution in [0.3, 0.4) is 0 Å². The van der Waals surface area contributed by atoms with Gasteiger partial charge in [0.1, 0.15) is 5.60 Å². The number of nitrogens with zero attached hydrogens (tertiary/aromatic N) is 2. The van der Waals surface area contributed by atoms with Crippen LogP contribution < -0.4 is 0 Å². The van der Waals surface area contributed by atoms with Crippen LogP contribution in [-0.2, 0) is 4.74 Å². The van der Waals surface area contributed by atoms with E-state index in [0.29, 0.717) is 13.1 Å². The standard InChI is InChI=1S/C16H24N2O3S/c1-16(2,3)21-15(20)18-9-5-7-12(18)11-17(4)14(19)13-8-6-10-22-13/h6,8,10,12H,5,7,9,11H2,1-4H3. The maximum atomic E-state index is 12.3. The molecule has 0 bridgehead atoms. The van der Waals surface area contributed by atoms with Crippen molar-refractivity contribution in [2.45, 2.75) is 45.3 Å². The zero-order chi connectivity index (χ0) is 16.3. The topological polar surface area (TPSA) is 49.9 Å². The first-order valence-electron chi connectivity index (χ1n) is 7.56.